The highest BCUT2D eigenvalue weighted by Crippen LogP contribution is 2.25. The van der Waals surface area contributed by atoms with Crippen molar-refractivity contribution in [2.24, 2.45) is 0 Å². The van der Waals surface area contributed by atoms with Crippen LogP contribution >= 0.6 is 0 Å². The molecule has 1 atom stereocenters. The second-order valence-electron chi connectivity index (χ2n) is 3.80. The molecule has 0 aromatic heterocycles. The van der Waals surface area contributed by atoms with Crippen LogP contribution in [0.15, 0.2) is 12.1 Å². The second-order valence-corrected chi connectivity index (χ2v) is 3.80. The molecule has 1 rings (SSSR count). The van der Waals surface area contributed by atoms with Gasteiger partial charge >= 0.3 is 0 Å². The third kappa shape index (κ3) is 2.73. The Morgan fingerprint density at radius 1 is 1.38 bits per heavy atom. The third-order valence-corrected chi connectivity index (χ3v) is 2.38. The topological polar surface area (TPSA) is 58.6 Å². The fourth-order valence-electron chi connectivity index (χ4n) is 1.38. The molecule has 0 radical (unpaired) electrons. The zero-order valence-corrected chi connectivity index (χ0v) is 10.00. The van der Waals surface area contributed by atoms with Gasteiger partial charge in [-0.15, -0.1) is 0 Å². The molecule has 4 heteroatoms. The van der Waals surface area contributed by atoms with Gasteiger partial charge in [-0.2, -0.15) is 0 Å². The van der Waals surface area contributed by atoms with Crippen LogP contribution in [-0.2, 0) is 4.79 Å². The number of anilines is 1. The summed E-state index contributed by atoms with van der Waals surface area (Å²) in [5.41, 5.74) is 2.54. The first-order chi connectivity index (χ1) is 7.45. The molecule has 0 bridgehead atoms. The predicted octanol–water partition coefficient (Wildman–Crippen LogP) is 1.63. The van der Waals surface area contributed by atoms with Crippen LogP contribution < -0.4 is 10.1 Å². The summed E-state index contributed by atoms with van der Waals surface area (Å²) >= 11 is 0. The Hall–Kier alpha value is -1.55. The van der Waals surface area contributed by atoms with E-state index in [1.165, 1.54) is 6.92 Å². The van der Waals surface area contributed by atoms with E-state index in [2.05, 4.69) is 5.32 Å². The summed E-state index contributed by atoms with van der Waals surface area (Å²) in [6.45, 7) is 5.21. The van der Waals surface area contributed by atoms with Gasteiger partial charge in [-0.25, -0.2) is 0 Å². The lowest BCUT2D eigenvalue weighted by Crippen LogP contribution is -2.24. The number of nitrogens with one attached hydrogen (secondary N) is 1. The molecular formula is C12H17NO3. The van der Waals surface area contributed by atoms with Crippen LogP contribution in [0.3, 0.4) is 0 Å². The molecule has 0 fully saturated rings. The number of aryl methyl sites for hydroxylation is 2. The molecule has 1 aromatic rings. The number of benzene rings is 1. The van der Waals surface area contributed by atoms with Crippen molar-refractivity contribution in [2.75, 3.05) is 12.4 Å². The summed E-state index contributed by atoms with van der Waals surface area (Å²) in [5.74, 6) is 0.375. The van der Waals surface area contributed by atoms with Crippen LogP contribution in [0.5, 0.6) is 5.75 Å². The van der Waals surface area contributed by atoms with E-state index in [1.54, 1.807) is 7.11 Å². The first-order valence-electron chi connectivity index (χ1n) is 5.10. The molecule has 0 aliphatic rings. The van der Waals surface area contributed by atoms with E-state index in [4.69, 9.17) is 9.84 Å². The standard InChI is InChI=1S/C12H17NO3/c1-7-6-11(16-4)8(2)5-10(7)13-12(15)9(3)14/h5-6,9,14H,1-4H3,(H,13,15). The molecule has 1 aromatic carbocycles. The van der Waals surface area contributed by atoms with Gasteiger partial charge in [0.1, 0.15) is 11.9 Å². The van der Waals surface area contributed by atoms with Crippen molar-refractivity contribution in [3.8, 4) is 5.75 Å². The van der Waals surface area contributed by atoms with Gasteiger partial charge in [0.2, 0.25) is 0 Å². The summed E-state index contributed by atoms with van der Waals surface area (Å²) in [4.78, 5) is 11.3. The number of ether oxygens (including phenoxy) is 1. The quantitative estimate of drug-likeness (QED) is 0.818. The van der Waals surface area contributed by atoms with Crippen LogP contribution in [-0.4, -0.2) is 24.2 Å². The molecule has 0 aliphatic heterocycles. The summed E-state index contributed by atoms with van der Waals surface area (Å²) in [6, 6.07) is 3.68. The first-order valence-corrected chi connectivity index (χ1v) is 5.10. The molecule has 16 heavy (non-hydrogen) atoms. The molecule has 0 aliphatic carbocycles. The Morgan fingerprint density at radius 3 is 2.50 bits per heavy atom. The van der Waals surface area contributed by atoms with E-state index >= 15 is 0 Å². The fraction of sp³-hybridized carbons (Fsp3) is 0.417. The summed E-state index contributed by atoms with van der Waals surface area (Å²) in [7, 11) is 1.61. The average molecular weight is 223 g/mol. The summed E-state index contributed by atoms with van der Waals surface area (Å²) < 4.78 is 5.17. The van der Waals surface area contributed by atoms with Gasteiger partial charge in [0, 0.05) is 5.69 Å². The molecular weight excluding hydrogens is 206 g/mol. The lowest BCUT2D eigenvalue weighted by atomic mass is 10.1. The lowest BCUT2D eigenvalue weighted by molar-refractivity contribution is -0.123. The van der Waals surface area contributed by atoms with Gasteiger partial charge < -0.3 is 15.2 Å². The second kappa shape index (κ2) is 4.99. The Bertz CT molecular complexity index is 399. The van der Waals surface area contributed by atoms with Crippen molar-refractivity contribution in [2.45, 2.75) is 26.9 Å². The minimum atomic E-state index is -1.01. The lowest BCUT2D eigenvalue weighted by Gasteiger charge is -2.13. The van der Waals surface area contributed by atoms with Crippen LogP contribution in [0.2, 0.25) is 0 Å². The van der Waals surface area contributed by atoms with Crippen LogP contribution in [0.1, 0.15) is 18.1 Å². The van der Waals surface area contributed by atoms with E-state index in [0.717, 1.165) is 16.9 Å². The van der Waals surface area contributed by atoms with E-state index in [-0.39, 0.29) is 0 Å². The number of aliphatic hydroxyl groups excluding tert-OH is 1. The first kappa shape index (κ1) is 12.5. The van der Waals surface area contributed by atoms with E-state index in [1.807, 2.05) is 26.0 Å². The van der Waals surface area contributed by atoms with E-state index < -0.39 is 12.0 Å². The molecule has 0 heterocycles. The smallest absolute Gasteiger partial charge is 0.252 e. The number of methoxy groups -OCH3 is 1. The van der Waals surface area contributed by atoms with Gasteiger partial charge in [0.15, 0.2) is 0 Å². The number of hydrogen-bond acceptors (Lipinski definition) is 3. The molecule has 1 amide bonds. The van der Waals surface area contributed by atoms with Gasteiger partial charge in [-0.1, -0.05) is 0 Å². The van der Waals surface area contributed by atoms with Crippen molar-refractivity contribution >= 4 is 11.6 Å². The van der Waals surface area contributed by atoms with Crippen molar-refractivity contribution in [1.29, 1.82) is 0 Å². The number of carbonyl (C=O) groups excluding carboxylic acids is 1. The third-order valence-electron chi connectivity index (χ3n) is 2.38. The highest BCUT2D eigenvalue weighted by molar-refractivity contribution is 5.94. The number of amides is 1. The number of carbonyl (C=O) groups is 1. The largest absolute Gasteiger partial charge is 0.496 e. The molecule has 0 spiro atoms. The molecule has 1 unspecified atom stereocenters. The van der Waals surface area contributed by atoms with Crippen molar-refractivity contribution < 1.29 is 14.6 Å². The number of hydrogen-bond donors (Lipinski definition) is 2. The van der Waals surface area contributed by atoms with Crippen molar-refractivity contribution in [1.82, 2.24) is 0 Å². The average Bonchev–Trinajstić information content (AvgIpc) is 2.22. The highest BCUT2D eigenvalue weighted by atomic mass is 16.5. The minimum Gasteiger partial charge on any atom is -0.496 e. The molecule has 0 saturated heterocycles. The zero-order chi connectivity index (χ0) is 12.3. The van der Waals surface area contributed by atoms with Crippen LogP contribution in [0, 0.1) is 13.8 Å². The van der Waals surface area contributed by atoms with Crippen LogP contribution in [0.4, 0.5) is 5.69 Å². The molecule has 4 nitrogen and oxygen atoms in total. The number of rotatable bonds is 3. The van der Waals surface area contributed by atoms with E-state index in [9.17, 15) is 4.79 Å². The van der Waals surface area contributed by atoms with Crippen LogP contribution in [0.25, 0.3) is 0 Å². The molecule has 2 N–H and O–H groups in total. The maximum Gasteiger partial charge on any atom is 0.252 e. The molecule has 0 saturated carbocycles. The summed E-state index contributed by atoms with van der Waals surface area (Å²) in [6.07, 6.45) is -1.01. The Labute approximate surface area is 95.2 Å². The summed E-state index contributed by atoms with van der Waals surface area (Å²) in [5, 5.41) is 11.8. The SMILES string of the molecule is COc1cc(C)c(NC(=O)C(C)O)cc1C. The Kier molecular flexibility index (Phi) is 3.90. The van der Waals surface area contributed by atoms with Gasteiger partial charge in [0.25, 0.3) is 5.91 Å². The Balaban J connectivity index is 2.98. The fourth-order valence-corrected chi connectivity index (χ4v) is 1.38. The minimum absolute atomic E-state index is 0.410. The van der Waals surface area contributed by atoms with Crippen molar-refractivity contribution in [3.63, 3.8) is 0 Å². The highest BCUT2D eigenvalue weighted by Gasteiger charge is 2.11. The maximum absolute atomic E-state index is 11.3. The molecule has 88 valence electrons. The Morgan fingerprint density at radius 2 is 2.00 bits per heavy atom. The van der Waals surface area contributed by atoms with Crippen molar-refractivity contribution in [3.05, 3.63) is 23.3 Å². The maximum atomic E-state index is 11.3. The monoisotopic (exact) mass is 223 g/mol. The van der Waals surface area contributed by atoms with Gasteiger partial charge in [-0.05, 0) is 44.0 Å². The van der Waals surface area contributed by atoms with E-state index in [0.29, 0.717) is 5.69 Å². The normalized spacial score (nSPS) is 12.1. The van der Waals surface area contributed by atoms with Gasteiger partial charge in [-0.3, -0.25) is 4.79 Å². The number of aliphatic hydroxyl groups is 1. The zero-order valence-electron chi connectivity index (χ0n) is 10.00. The van der Waals surface area contributed by atoms with Gasteiger partial charge in [0.05, 0.1) is 7.11 Å². The predicted molar refractivity (Wildman–Crippen MR) is 62.8 cm³/mol.